The second kappa shape index (κ2) is 5.21. The Morgan fingerprint density at radius 2 is 2.00 bits per heavy atom. The molecule has 2 rings (SSSR count). The summed E-state index contributed by atoms with van der Waals surface area (Å²) in [5.41, 5.74) is 1.13. The Labute approximate surface area is 102 Å². The summed E-state index contributed by atoms with van der Waals surface area (Å²) in [4.78, 5) is 0. The number of phosphoric ester groups is 1. The molecule has 0 bridgehead atoms. The van der Waals surface area contributed by atoms with Crippen molar-refractivity contribution in [2.75, 3.05) is 13.2 Å². The molecule has 1 aromatic rings. The molecule has 0 spiro atoms. The molecule has 1 aliphatic heterocycles. The van der Waals surface area contributed by atoms with E-state index >= 15 is 0 Å². The summed E-state index contributed by atoms with van der Waals surface area (Å²) in [6.07, 6.45) is 0.749. The minimum absolute atomic E-state index is 0.396. The zero-order chi connectivity index (χ0) is 12.3. The Balaban J connectivity index is 2.12. The number of rotatable bonds is 3. The minimum atomic E-state index is -3.39. The predicted molar refractivity (Wildman–Crippen MR) is 65.3 cm³/mol. The molecule has 5 heteroatoms. The SMILES string of the molecule is CC(C)c1cccc(OP2(=O)OCCCO2)c1. The van der Waals surface area contributed by atoms with Gasteiger partial charge in [0.15, 0.2) is 0 Å². The zero-order valence-corrected chi connectivity index (χ0v) is 11.0. The van der Waals surface area contributed by atoms with Crippen molar-refractivity contribution in [1.82, 2.24) is 0 Å². The molecule has 0 aromatic heterocycles. The Kier molecular flexibility index (Phi) is 3.87. The van der Waals surface area contributed by atoms with Gasteiger partial charge in [-0.1, -0.05) is 26.0 Å². The quantitative estimate of drug-likeness (QED) is 0.773. The maximum Gasteiger partial charge on any atom is 0.530 e. The standard InChI is InChI=1S/C12H17O4P/c1-10(2)11-5-3-6-12(9-11)16-17(13)14-7-4-8-15-17/h3,5-6,9-10H,4,7-8H2,1-2H3. The molecule has 17 heavy (non-hydrogen) atoms. The number of phosphoric acid groups is 1. The van der Waals surface area contributed by atoms with E-state index in [4.69, 9.17) is 13.6 Å². The van der Waals surface area contributed by atoms with Gasteiger partial charge in [0.2, 0.25) is 0 Å². The summed E-state index contributed by atoms with van der Waals surface area (Å²) >= 11 is 0. The normalized spacial score (nSPS) is 19.2. The second-order valence-electron chi connectivity index (χ2n) is 4.29. The van der Waals surface area contributed by atoms with Gasteiger partial charge in [-0.05, 0) is 30.0 Å². The Morgan fingerprint density at radius 1 is 1.29 bits per heavy atom. The monoisotopic (exact) mass is 256 g/mol. The summed E-state index contributed by atoms with van der Waals surface area (Å²) in [5.74, 6) is 0.925. The van der Waals surface area contributed by atoms with E-state index in [0.717, 1.165) is 12.0 Å². The summed E-state index contributed by atoms with van der Waals surface area (Å²) in [5, 5.41) is 0. The lowest BCUT2D eigenvalue weighted by atomic mass is 10.0. The van der Waals surface area contributed by atoms with Crippen LogP contribution in [0.5, 0.6) is 5.75 Å². The third-order valence-corrected chi connectivity index (χ3v) is 3.96. The summed E-state index contributed by atoms with van der Waals surface area (Å²) in [6.45, 7) is 5.02. The molecule has 0 amide bonds. The van der Waals surface area contributed by atoms with Crippen LogP contribution in [0.15, 0.2) is 24.3 Å². The molecule has 0 radical (unpaired) electrons. The first-order chi connectivity index (χ1) is 8.09. The lowest BCUT2D eigenvalue weighted by molar-refractivity contribution is 0.107. The Bertz CT molecular complexity index is 420. The molecule has 1 saturated heterocycles. The molecule has 1 heterocycles. The number of benzene rings is 1. The van der Waals surface area contributed by atoms with Crippen LogP contribution in [0, 0.1) is 0 Å². The van der Waals surface area contributed by atoms with E-state index in [9.17, 15) is 4.57 Å². The molecule has 1 aromatic carbocycles. The maximum atomic E-state index is 12.0. The predicted octanol–water partition coefficient (Wildman–Crippen LogP) is 3.73. The molecule has 0 aliphatic carbocycles. The third-order valence-electron chi connectivity index (χ3n) is 2.53. The molecule has 4 nitrogen and oxygen atoms in total. The lowest BCUT2D eigenvalue weighted by Gasteiger charge is -2.22. The van der Waals surface area contributed by atoms with Crippen LogP contribution in [0.25, 0.3) is 0 Å². The molecular weight excluding hydrogens is 239 g/mol. The first-order valence-electron chi connectivity index (χ1n) is 5.78. The smallest absolute Gasteiger partial charge is 0.404 e. The average Bonchev–Trinajstić information content (AvgIpc) is 2.29. The topological polar surface area (TPSA) is 44.8 Å². The van der Waals surface area contributed by atoms with Crippen molar-refractivity contribution in [1.29, 1.82) is 0 Å². The molecular formula is C12H17O4P. The van der Waals surface area contributed by atoms with Crippen molar-refractivity contribution in [2.45, 2.75) is 26.2 Å². The van der Waals surface area contributed by atoms with Crippen LogP contribution in [0.4, 0.5) is 0 Å². The van der Waals surface area contributed by atoms with Gasteiger partial charge in [-0.3, -0.25) is 9.05 Å². The first-order valence-corrected chi connectivity index (χ1v) is 7.24. The zero-order valence-electron chi connectivity index (χ0n) is 10.1. The minimum Gasteiger partial charge on any atom is -0.404 e. The van der Waals surface area contributed by atoms with Crippen molar-refractivity contribution in [2.24, 2.45) is 0 Å². The van der Waals surface area contributed by atoms with Crippen LogP contribution < -0.4 is 4.52 Å². The largest absolute Gasteiger partial charge is 0.530 e. The van der Waals surface area contributed by atoms with Crippen molar-refractivity contribution in [3.63, 3.8) is 0 Å². The van der Waals surface area contributed by atoms with E-state index < -0.39 is 7.82 Å². The summed E-state index contributed by atoms with van der Waals surface area (Å²) in [7, 11) is -3.39. The molecule has 0 unspecified atom stereocenters. The summed E-state index contributed by atoms with van der Waals surface area (Å²) in [6, 6.07) is 7.51. The fourth-order valence-corrected chi connectivity index (χ4v) is 2.82. The fourth-order valence-electron chi connectivity index (χ4n) is 1.56. The van der Waals surface area contributed by atoms with Gasteiger partial charge in [0.05, 0.1) is 13.2 Å². The number of hydrogen-bond acceptors (Lipinski definition) is 4. The molecule has 94 valence electrons. The lowest BCUT2D eigenvalue weighted by Crippen LogP contribution is -2.11. The van der Waals surface area contributed by atoms with E-state index in [1.54, 1.807) is 6.07 Å². The van der Waals surface area contributed by atoms with Crippen LogP contribution in [0.3, 0.4) is 0 Å². The van der Waals surface area contributed by atoms with E-state index in [0.29, 0.717) is 24.9 Å². The van der Waals surface area contributed by atoms with Gasteiger partial charge < -0.3 is 4.52 Å². The molecule has 0 N–H and O–H groups in total. The first kappa shape index (κ1) is 12.6. The van der Waals surface area contributed by atoms with Crippen molar-refractivity contribution < 1.29 is 18.1 Å². The van der Waals surface area contributed by atoms with Crippen LogP contribution >= 0.6 is 7.82 Å². The van der Waals surface area contributed by atoms with Crippen molar-refractivity contribution in [3.05, 3.63) is 29.8 Å². The van der Waals surface area contributed by atoms with E-state index in [1.165, 1.54) is 0 Å². The van der Waals surface area contributed by atoms with Gasteiger partial charge in [0, 0.05) is 0 Å². The molecule has 1 aliphatic rings. The highest BCUT2D eigenvalue weighted by atomic mass is 31.2. The van der Waals surface area contributed by atoms with Gasteiger partial charge in [-0.25, -0.2) is 4.57 Å². The number of hydrogen-bond donors (Lipinski definition) is 0. The van der Waals surface area contributed by atoms with Crippen LogP contribution in [0.2, 0.25) is 0 Å². The highest BCUT2D eigenvalue weighted by Gasteiger charge is 2.31. The van der Waals surface area contributed by atoms with Crippen molar-refractivity contribution in [3.8, 4) is 5.75 Å². The van der Waals surface area contributed by atoms with Gasteiger partial charge in [0.25, 0.3) is 0 Å². The van der Waals surface area contributed by atoms with E-state index in [1.807, 2.05) is 18.2 Å². The van der Waals surface area contributed by atoms with Crippen molar-refractivity contribution >= 4 is 7.82 Å². The van der Waals surface area contributed by atoms with Crippen LogP contribution in [0.1, 0.15) is 31.7 Å². The maximum absolute atomic E-state index is 12.0. The van der Waals surface area contributed by atoms with Gasteiger partial charge >= 0.3 is 7.82 Å². The average molecular weight is 256 g/mol. The fraction of sp³-hybridized carbons (Fsp3) is 0.500. The Morgan fingerprint density at radius 3 is 2.65 bits per heavy atom. The molecule has 0 atom stereocenters. The van der Waals surface area contributed by atoms with E-state index in [2.05, 4.69) is 13.8 Å². The van der Waals surface area contributed by atoms with E-state index in [-0.39, 0.29) is 0 Å². The highest BCUT2D eigenvalue weighted by Crippen LogP contribution is 2.51. The second-order valence-corrected chi connectivity index (χ2v) is 5.88. The summed E-state index contributed by atoms with van der Waals surface area (Å²) < 4.78 is 27.5. The van der Waals surface area contributed by atoms with Crippen LogP contribution in [-0.2, 0) is 13.6 Å². The molecule has 1 fully saturated rings. The van der Waals surface area contributed by atoms with Gasteiger partial charge in [-0.2, -0.15) is 0 Å². The highest BCUT2D eigenvalue weighted by molar-refractivity contribution is 7.49. The molecule has 0 saturated carbocycles. The third kappa shape index (κ3) is 3.32. The Hall–Kier alpha value is -0.830. The van der Waals surface area contributed by atoms with Gasteiger partial charge in [0.1, 0.15) is 5.75 Å². The van der Waals surface area contributed by atoms with Gasteiger partial charge in [-0.15, -0.1) is 0 Å². The van der Waals surface area contributed by atoms with Crippen LogP contribution in [-0.4, -0.2) is 13.2 Å².